The molecule has 3 aromatic rings. The normalized spacial score (nSPS) is 11.2. The van der Waals surface area contributed by atoms with Crippen molar-refractivity contribution >= 4 is 11.9 Å². The number of benzene rings is 2. The van der Waals surface area contributed by atoms with E-state index in [1.165, 1.54) is 23.3 Å². The van der Waals surface area contributed by atoms with Crippen LogP contribution in [0, 0.1) is 20.8 Å². The highest BCUT2D eigenvalue weighted by Crippen LogP contribution is 2.18. The van der Waals surface area contributed by atoms with Crippen molar-refractivity contribution in [2.45, 2.75) is 27.3 Å². The smallest absolute Gasteiger partial charge is 0.185 e. The number of carbonyl (C=O) groups excluding carboxylic acids is 1. The van der Waals surface area contributed by atoms with Gasteiger partial charge in [-0.1, -0.05) is 42.0 Å². The quantitative estimate of drug-likeness (QED) is 0.548. The van der Waals surface area contributed by atoms with Gasteiger partial charge in [0.2, 0.25) is 0 Å². The van der Waals surface area contributed by atoms with Gasteiger partial charge in [-0.05, 0) is 50.6 Å². The van der Waals surface area contributed by atoms with Crippen LogP contribution in [0.25, 0.3) is 6.08 Å². The Labute approximate surface area is 153 Å². The summed E-state index contributed by atoms with van der Waals surface area (Å²) >= 11 is 0. The van der Waals surface area contributed by atoms with Gasteiger partial charge in [0, 0.05) is 16.8 Å². The van der Waals surface area contributed by atoms with E-state index in [0.29, 0.717) is 12.1 Å². The number of aromatic hydroxyl groups is 1. The molecular weight excluding hydrogens is 324 g/mol. The average molecular weight is 346 g/mol. The lowest BCUT2D eigenvalue weighted by molar-refractivity contribution is 0.104. The fourth-order valence-corrected chi connectivity index (χ4v) is 2.89. The molecule has 1 N–H and O–H groups in total. The summed E-state index contributed by atoms with van der Waals surface area (Å²) in [4.78, 5) is 12.3. The number of hydrogen-bond acceptors (Lipinski definition) is 3. The molecule has 4 nitrogen and oxygen atoms in total. The first-order valence-corrected chi connectivity index (χ1v) is 8.55. The van der Waals surface area contributed by atoms with Gasteiger partial charge < -0.3 is 5.11 Å². The molecule has 0 fully saturated rings. The van der Waals surface area contributed by atoms with E-state index in [-0.39, 0.29) is 11.5 Å². The first-order chi connectivity index (χ1) is 12.4. The monoisotopic (exact) mass is 346 g/mol. The fourth-order valence-electron chi connectivity index (χ4n) is 2.89. The topological polar surface area (TPSA) is 55.1 Å². The van der Waals surface area contributed by atoms with E-state index < -0.39 is 0 Å². The number of phenols is 1. The van der Waals surface area contributed by atoms with Gasteiger partial charge in [-0.15, -0.1) is 0 Å². The summed E-state index contributed by atoms with van der Waals surface area (Å²) in [6, 6.07) is 14.8. The third kappa shape index (κ3) is 3.91. The first kappa shape index (κ1) is 17.7. The van der Waals surface area contributed by atoms with Crippen LogP contribution in [0.5, 0.6) is 5.75 Å². The second kappa shape index (κ2) is 7.40. The van der Waals surface area contributed by atoms with Crippen molar-refractivity contribution in [1.82, 2.24) is 9.78 Å². The lowest BCUT2D eigenvalue weighted by Crippen LogP contribution is -2.04. The van der Waals surface area contributed by atoms with E-state index in [2.05, 4.69) is 36.3 Å². The van der Waals surface area contributed by atoms with Crippen molar-refractivity contribution in [1.29, 1.82) is 0 Å². The molecule has 4 heteroatoms. The Kier molecular flexibility index (Phi) is 5.03. The summed E-state index contributed by atoms with van der Waals surface area (Å²) in [6.07, 6.45) is 3.33. The van der Waals surface area contributed by atoms with Gasteiger partial charge in [0.1, 0.15) is 5.75 Å². The highest BCUT2D eigenvalue weighted by molar-refractivity contribution is 6.07. The summed E-state index contributed by atoms with van der Waals surface area (Å²) in [5.41, 5.74) is 5.73. The Morgan fingerprint density at radius 3 is 2.54 bits per heavy atom. The molecule has 3 rings (SSSR count). The zero-order chi connectivity index (χ0) is 18.7. The van der Waals surface area contributed by atoms with Gasteiger partial charge in [0.25, 0.3) is 0 Å². The number of hydrogen-bond donors (Lipinski definition) is 1. The van der Waals surface area contributed by atoms with Crippen LogP contribution in [0.4, 0.5) is 0 Å². The van der Waals surface area contributed by atoms with E-state index in [1.807, 2.05) is 18.5 Å². The highest BCUT2D eigenvalue weighted by atomic mass is 16.3. The minimum atomic E-state index is -0.147. The lowest BCUT2D eigenvalue weighted by atomic mass is 10.1. The van der Waals surface area contributed by atoms with E-state index in [1.54, 1.807) is 24.3 Å². The number of aryl methyl sites for hydroxylation is 2. The maximum atomic E-state index is 12.3. The van der Waals surface area contributed by atoms with Gasteiger partial charge in [-0.25, -0.2) is 0 Å². The minimum Gasteiger partial charge on any atom is -0.508 e. The van der Waals surface area contributed by atoms with Crippen LogP contribution in [0.1, 0.15) is 38.4 Å². The SMILES string of the molecule is Cc1ccc(Cn2nc(C)c(C=CC(=O)c3cccc(O)c3)c2C)cc1. The third-order valence-electron chi connectivity index (χ3n) is 4.42. The van der Waals surface area contributed by atoms with Crippen LogP contribution in [0.15, 0.2) is 54.6 Å². The Morgan fingerprint density at radius 2 is 1.85 bits per heavy atom. The summed E-state index contributed by atoms with van der Waals surface area (Å²) in [7, 11) is 0. The van der Waals surface area contributed by atoms with Crippen LogP contribution < -0.4 is 0 Å². The van der Waals surface area contributed by atoms with Crippen LogP contribution in [-0.4, -0.2) is 20.7 Å². The highest BCUT2D eigenvalue weighted by Gasteiger charge is 2.10. The van der Waals surface area contributed by atoms with Gasteiger partial charge >= 0.3 is 0 Å². The number of carbonyl (C=O) groups is 1. The first-order valence-electron chi connectivity index (χ1n) is 8.55. The molecule has 1 heterocycles. The van der Waals surface area contributed by atoms with Crippen molar-refractivity contribution in [3.63, 3.8) is 0 Å². The summed E-state index contributed by atoms with van der Waals surface area (Å²) < 4.78 is 1.96. The van der Waals surface area contributed by atoms with E-state index in [9.17, 15) is 9.90 Å². The molecule has 0 radical (unpaired) electrons. The fraction of sp³-hybridized carbons (Fsp3) is 0.182. The van der Waals surface area contributed by atoms with Crippen molar-refractivity contribution in [3.05, 3.63) is 88.2 Å². The Bertz CT molecular complexity index is 966. The number of rotatable bonds is 5. The maximum Gasteiger partial charge on any atom is 0.185 e. The molecule has 0 amide bonds. The van der Waals surface area contributed by atoms with E-state index >= 15 is 0 Å². The van der Waals surface area contributed by atoms with Gasteiger partial charge in [0.15, 0.2) is 5.78 Å². The molecule has 0 aliphatic heterocycles. The summed E-state index contributed by atoms with van der Waals surface area (Å²) in [6.45, 7) is 6.71. The predicted octanol–water partition coefficient (Wildman–Crippen LogP) is 4.46. The number of aromatic nitrogens is 2. The molecule has 0 bridgehead atoms. The van der Waals surface area contributed by atoms with E-state index in [4.69, 9.17) is 0 Å². The molecule has 0 aliphatic rings. The average Bonchev–Trinajstić information content (AvgIpc) is 2.88. The molecule has 0 atom stereocenters. The Balaban J connectivity index is 1.81. The molecule has 132 valence electrons. The second-order valence-electron chi connectivity index (χ2n) is 6.48. The predicted molar refractivity (Wildman–Crippen MR) is 103 cm³/mol. The number of phenolic OH excluding ortho intramolecular Hbond substituents is 1. The van der Waals surface area contributed by atoms with Crippen LogP contribution in [0.2, 0.25) is 0 Å². The van der Waals surface area contributed by atoms with E-state index in [0.717, 1.165) is 17.0 Å². The Morgan fingerprint density at radius 1 is 1.12 bits per heavy atom. The third-order valence-corrected chi connectivity index (χ3v) is 4.42. The number of nitrogens with zero attached hydrogens (tertiary/aromatic N) is 2. The maximum absolute atomic E-state index is 12.3. The molecule has 0 saturated carbocycles. The van der Waals surface area contributed by atoms with Crippen molar-refractivity contribution < 1.29 is 9.90 Å². The Hall–Kier alpha value is -3.14. The van der Waals surface area contributed by atoms with Crippen LogP contribution in [0.3, 0.4) is 0 Å². The van der Waals surface area contributed by atoms with Crippen molar-refractivity contribution in [2.75, 3.05) is 0 Å². The molecule has 1 aromatic heterocycles. The molecule has 2 aromatic carbocycles. The van der Waals surface area contributed by atoms with Crippen molar-refractivity contribution in [3.8, 4) is 5.75 Å². The molecule has 0 saturated heterocycles. The van der Waals surface area contributed by atoms with Gasteiger partial charge in [-0.3, -0.25) is 9.48 Å². The summed E-state index contributed by atoms with van der Waals surface area (Å²) in [5, 5.41) is 14.1. The van der Waals surface area contributed by atoms with Crippen molar-refractivity contribution in [2.24, 2.45) is 0 Å². The van der Waals surface area contributed by atoms with Crippen LogP contribution >= 0.6 is 0 Å². The lowest BCUT2D eigenvalue weighted by Gasteiger charge is -2.05. The molecule has 0 unspecified atom stereocenters. The second-order valence-corrected chi connectivity index (χ2v) is 6.48. The zero-order valence-electron chi connectivity index (χ0n) is 15.2. The van der Waals surface area contributed by atoms with Gasteiger partial charge in [0.05, 0.1) is 12.2 Å². The molecule has 0 aliphatic carbocycles. The largest absolute Gasteiger partial charge is 0.508 e. The molecule has 26 heavy (non-hydrogen) atoms. The summed E-state index contributed by atoms with van der Waals surface area (Å²) in [5.74, 6) is -0.0616. The minimum absolute atomic E-state index is 0.0857. The zero-order valence-corrected chi connectivity index (χ0v) is 15.2. The number of allylic oxidation sites excluding steroid dienone is 1. The van der Waals surface area contributed by atoms with Crippen LogP contribution in [-0.2, 0) is 6.54 Å². The molecular formula is C22H22N2O2. The standard InChI is InChI=1S/C22H22N2O2/c1-15-7-9-18(10-8-15)14-24-17(3)21(16(2)23-24)11-12-22(26)19-5-4-6-20(25)13-19/h4-13,25H,14H2,1-3H3. The number of ketones is 1. The van der Waals surface area contributed by atoms with Gasteiger partial charge in [-0.2, -0.15) is 5.10 Å². The molecule has 0 spiro atoms.